The highest BCUT2D eigenvalue weighted by Gasteiger charge is 2.50. The van der Waals surface area contributed by atoms with Gasteiger partial charge < -0.3 is 15.3 Å². The van der Waals surface area contributed by atoms with E-state index in [0.29, 0.717) is 23.8 Å². The standard InChI is InChI=1S/C20H28N4O3/c1-14(23-26)16-9-6-10-17(11-16)27-13-20(12-15-7-4-3-5-8-15)18(25)24(2)19(21)22-20/h6,9-11,15,26H,3-5,7-8,12-13H2,1-2H3,(H2,21,22). The third-order valence-corrected chi connectivity index (χ3v) is 5.66. The summed E-state index contributed by atoms with van der Waals surface area (Å²) in [6, 6.07) is 7.27. The Morgan fingerprint density at radius 1 is 1.41 bits per heavy atom. The van der Waals surface area contributed by atoms with Gasteiger partial charge in [-0.05, 0) is 31.4 Å². The van der Waals surface area contributed by atoms with Crippen molar-refractivity contribution in [2.45, 2.75) is 51.0 Å². The van der Waals surface area contributed by atoms with Gasteiger partial charge in [-0.1, -0.05) is 49.4 Å². The highest BCUT2D eigenvalue weighted by molar-refractivity contribution is 6.07. The smallest absolute Gasteiger partial charge is 0.258 e. The fourth-order valence-electron chi connectivity index (χ4n) is 4.04. The van der Waals surface area contributed by atoms with Crippen LogP contribution in [-0.2, 0) is 4.79 Å². The van der Waals surface area contributed by atoms with Crippen molar-refractivity contribution in [2.24, 2.45) is 11.1 Å². The van der Waals surface area contributed by atoms with E-state index in [1.54, 1.807) is 20.0 Å². The van der Waals surface area contributed by atoms with E-state index in [-0.39, 0.29) is 18.5 Å². The Balaban J connectivity index is 1.78. The summed E-state index contributed by atoms with van der Waals surface area (Å²) in [7, 11) is 1.63. The maximum Gasteiger partial charge on any atom is 0.258 e. The van der Waals surface area contributed by atoms with Crippen LogP contribution in [0.5, 0.6) is 5.75 Å². The summed E-state index contributed by atoms with van der Waals surface area (Å²) in [5, 5.41) is 23.3. The van der Waals surface area contributed by atoms with Crippen LogP contribution >= 0.6 is 0 Å². The fourth-order valence-corrected chi connectivity index (χ4v) is 4.04. The molecule has 1 aliphatic heterocycles. The van der Waals surface area contributed by atoms with Crippen LogP contribution in [0.2, 0.25) is 0 Å². The number of oxime groups is 1. The van der Waals surface area contributed by atoms with Crippen molar-refractivity contribution in [3.8, 4) is 5.75 Å². The second-order valence-corrected chi connectivity index (χ2v) is 7.63. The van der Waals surface area contributed by atoms with E-state index in [2.05, 4.69) is 10.5 Å². The molecule has 2 fully saturated rings. The first-order chi connectivity index (χ1) is 12.9. The summed E-state index contributed by atoms with van der Waals surface area (Å²) in [5.74, 6) is 1.08. The number of hydrogen-bond donors (Lipinski definition) is 3. The van der Waals surface area contributed by atoms with Crippen LogP contribution in [0.25, 0.3) is 0 Å². The van der Waals surface area contributed by atoms with Crippen LogP contribution in [0.3, 0.4) is 0 Å². The maximum absolute atomic E-state index is 12.9. The fraction of sp³-hybridized carbons (Fsp3) is 0.550. The third-order valence-electron chi connectivity index (χ3n) is 5.66. The lowest BCUT2D eigenvalue weighted by atomic mass is 9.79. The van der Waals surface area contributed by atoms with E-state index in [9.17, 15) is 4.79 Å². The molecule has 1 saturated heterocycles. The first-order valence-electron chi connectivity index (χ1n) is 9.52. The highest BCUT2D eigenvalue weighted by atomic mass is 16.5. The summed E-state index contributed by atoms with van der Waals surface area (Å²) in [5.41, 5.74) is 0.352. The molecule has 0 radical (unpaired) electrons. The van der Waals surface area contributed by atoms with Gasteiger partial charge in [0.1, 0.15) is 12.4 Å². The van der Waals surface area contributed by atoms with Gasteiger partial charge >= 0.3 is 0 Å². The lowest BCUT2D eigenvalue weighted by Gasteiger charge is -2.32. The molecule has 3 rings (SSSR count). The van der Waals surface area contributed by atoms with Gasteiger partial charge in [0.15, 0.2) is 11.5 Å². The molecule has 1 atom stereocenters. The summed E-state index contributed by atoms with van der Waals surface area (Å²) >= 11 is 0. The van der Waals surface area contributed by atoms with E-state index < -0.39 is 5.54 Å². The van der Waals surface area contributed by atoms with Crippen LogP contribution in [0.15, 0.2) is 29.4 Å². The van der Waals surface area contributed by atoms with Gasteiger partial charge in [-0.15, -0.1) is 0 Å². The molecule has 3 N–H and O–H groups in total. The van der Waals surface area contributed by atoms with Gasteiger partial charge in [-0.25, -0.2) is 0 Å². The van der Waals surface area contributed by atoms with Gasteiger partial charge in [0.2, 0.25) is 0 Å². The molecule has 7 heteroatoms. The largest absolute Gasteiger partial charge is 0.491 e. The van der Waals surface area contributed by atoms with Gasteiger partial charge in [-0.3, -0.25) is 15.1 Å². The Kier molecular flexibility index (Phi) is 5.68. The Bertz CT molecular complexity index is 742. The minimum absolute atomic E-state index is 0.109. The third kappa shape index (κ3) is 4.07. The molecular formula is C20H28N4O3. The average molecular weight is 372 g/mol. The van der Waals surface area contributed by atoms with Crippen molar-refractivity contribution in [1.82, 2.24) is 10.2 Å². The van der Waals surface area contributed by atoms with Crippen molar-refractivity contribution in [1.29, 1.82) is 5.41 Å². The molecule has 0 aromatic heterocycles. The van der Waals surface area contributed by atoms with Crippen molar-refractivity contribution >= 4 is 17.6 Å². The molecule has 1 aromatic rings. The molecule has 0 bridgehead atoms. The summed E-state index contributed by atoms with van der Waals surface area (Å²) in [4.78, 5) is 14.3. The van der Waals surface area contributed by atoms with Crippen LogP contribution in [-0.4, -0.2) is 46.9 Å². The number of guanidine groups is 1. The number of rotatable bonds is 6. The van der Waals surface area contributed by atoms with Gasteiger partial charge in [-0.2, -0.15) is 0 Å². The molecule has 146 valence electrons. The molecule has 7 nitrogen and oxygen atoms in total. The van der Waals surface area contributed by atoms with Crippen molar-refractivity contribution < 1.29 is 14.7 Å². The number of hydrogen-bond acceptors (Lipinski definition) is 5. The van der Waals surface area contributed by atoms with Crippen LogP contribution < -0.4 is 10.1 Å². The Labute approximate surface area is 159 Å². The summed E-state index contributed by atoms with van der Waals surface area (Å²) < 4.78 is 5.99. The molecule has 1 aliphatic carbocycles. The second-order valence-electron chi connectivity index (χ2n) is 7.63. The number of carbonyl (C=O) groups excluding carboxylic acids is 1. The number of likely N-dealkylation sites (N-methyl/N-ethyl adjacent to an activating group) is 1. The second kappa shape index (κ2) is 7.98. The molecule has 1 saturated carbocycles. The summed E-state index contributed by atoms with van der Waals surface area (Å²) in [6.07, 6.45) is 6.58. The minimum Gasteiger partial charge on any atom is -0.491 e. The molecule has 1 amide bonds. The lowest BCUT2D eigenvalue weighted by molar-refractivity contribution is -0.132. The van der Waals surface area contributed by atoms with E-state index in [4.69, 9.17) is 15.4 Å². The first kappa shape index (κ1) is 19.2. The van der Waals surface area contributed by atoms with Gasteiger partial charge in [0.25, 0.3) is 5.91 Å². The maximum atomic E-state index is 12.9. The molecule has 0 spiro atoms. The number of nitrogens with zero attached hydrogens (tertiary/aromatic N) is 2. The van der Waals surface area contributed by atoms with E-state index >= 15 is 0 Å². The van der Waals surface area contributed by atoms with Crippen molar-refractivity contribution in [3.63, 3.8) is 0 Å². The number of nitrogens with one attached hydrogen (secondary N) is 2. The predicted octanol–water partition coefficient (Wildman–Crippen LogP) is 2.97. The molecule has 1 aromatic carbocycles. The summed E-state index contributed by atoms with van der Waals surface area (Å²) in [6.45, 7) is 1.87. The lowest BCUT2D eigenvalue weighted by Crippen LogP contribution is -2.53. The Morgan fingerprint density at radius 2 is 2.15 bits per heavy atom. The SMILES string of the molecule is CC(=NO)c1cccc(OCC2(CC3CCCCC3)NC(=N)N(C)C2=O)c1. The van der Waals surface area contributed by atoms with Gasteiger partial charge in [0.05, 0.1) is 5.71 Å². The number of ether oxygens (including phenoxy) is 1. The van der Waals surface area contributed by atoms with Crippen LogP contribution in [0.1, 0.15) is 51.0 Å². The predicted molar refractivity (Wildman–Crippen MR) is 103 cm³/mol. The Morgan fingerprint density at radius 3 is 2.78 bits per heavy atom. The number of carbonyl (C=O) groups is 1. The van der Waals surface area contributed by atoms with Crippen LogP contribution in [0, 0.1) is 11.3 Å². The quantitative estimate of drug-likeness (QED) is 0.406. The first-order valence-corrected chi connectivity index (χ1v) is 9.52. The normalized spacial score (nSPS) is 24.2. The van der Waals surface area contributed by atoms with Crippen molar-refractivity contribution in [3.05, 3.63) is 29.8 Å². The Hall–Kier alpha value is -2.57. The van der Waals surface area contributed by atoms with E-state index in [0.717, 1.165) is 18.4 Å². The molecule has 2 aliphatic rings. The zero-order valence-corrected chi connectivity index (χ0v) is 16.0. The average Bonchev–Trinajstić information content (AvgIpc) is 2.91. The van der Waals surface area contributed by atoms with E-state index in [1.165, 1.54) is 24.2 Å². The number of benzene rings is 1. The zero-order valence-electron chi connectivity index (χ0n) is 16.0. The molecule has 27 heavy (non-hydrogen) atoms. The molecule has 1 unspecified atom stereocenters. The number of amides is 1. The monoisotopic (exact) mass is 372 g/mol. The molecule has 1 heterocycles. The van der Waals surface area contributed by atoms with Gasteiger partial charge in [0, 0.05) is 12.6 Å². The molecular weight excluding hydrogens is 344 g/mol. The van der Waals surface area contributed by atoms with E-state index in [1.807, 2.05) is 18.2 Å². The topological polar surface area (TPSA) is 98.0 Å². The minimum atomic E-state index is -0.899. The highest BCUT2D eigenvalue weighted by Crippen LogP contribution is 2.34. The van der Waals surface area contributed by atoms with Crippen molar-refractivity contribution in [2.75, 3.05) is 13.7 Å². The van der Waals surface area contributed by atoms with Crippen LogP contribution in [0.4, 0.5) is 0 Å². The zero-order chi connectivity index (χ0) is 19.4.